The summed E-state index contributed by atoms with van der Waals surface area (Å²) >= 11 is 0. The zero-order valence-electron chi connectivity index (χ0n) is 7.82. The lowest BCUT2D eigenvalue weighted by Gasteiger charge is -2.10. The van der Waals surface area contributed by atoms with Crippen molar-refractivity contribution >= 4 is 5.97 Å². The van der Waals surface area contributed by atoms with Gasteiger partial charge in [-0.25, -0.2) is 4.79 Å². The Balaban J connectivity index is 2.18. The van der Waals surface area contributed by atoms with Gasteiger partial charge in [-0.05, 0) is 13.3 Å². The lowest BCUT2D eigenvalue weighted by Crippen LogP contribution is -2.20. The summed E-state index contributed by atoms with van der Waals surface area (Å²) in [5.41, 5.74) is 0.417. The minimum absolute atomic E-state index is 0.417. The SMILES string of the molecule is C/C(=C\CCN1CCOC1)C(=O)O. The first-order valence-corrected chi connectivity index (χ1v) is 4.40. The molecule has 0 unspecified atom stereocenters. The molecule has 0 aliphatic carbocycles. The van der Waals surface area contributed by atoms with E-state index in [-0.39, 0.29) is 0 Å². The van der Waals surface area contributed by atoms with Gasteiger partial charge in [-0.3, -0.25) is 4.90 Å². The number of ether oxygens (including phenoxy) is 1. The molecule has 0 aromatic rings. The zero-order chi connectivity index (χ0) is 9.68. The molecule has 0 aromatic heterocycles. The number of carboxylic acid groups (broad SMARTS) is 1. The molecule has 4 nitrogen and oxygen atoms in total. The van der Waals surface area contributed by atoms with Crippen molar-refractivity contribution in [2.75, 3.05) is 26.4 Å². The first kappa shape index (κ1) is 10.2. The topological polar surface area (TPSA) is 49.8 Å². The monoisotopic (exact) mass is 185 g/mol. The smallest absolute Gasteiger partial charge is 0.330 e. The molecule has 1 rings (SSSR count). The van der Waals surface area contributed by atoms with Gasteiger partial charge in [0.05, 0.1) is 13.3 Å². The van der Waals surface area contributed by atoms with Crippen molar-refractivity contribution in [2.24, 2.45) is 0 Å². The largest absolute Gasteiger partial charge is 0.478 e. The van der Waals surface area contributed by atoms with E-state index in [1.54, 1.807) is 13.0 Å². The van der Waals surface area contributed by atoms with Crippen LogP contribution in [0.25, 0.3) is 0 Å². The van der Waals surface area contributed by atoms with Crippen LogP contribution in [-0.4, -0.2) is 42.4 Å². The van der Waals surface area contributed by atoms with Crippen molar-refractivity contribution in [1.82, 2.24) is 4.90 Å². The number of nitrogens with zero attached hydrogens (tertiary/aromatic N) is 1. The predicted molar refractivity (Wildman–Crippen MR) is 48.4 cm³/mol. The van der Waals surface area contributed by atoms with Crippen LogP contribution in [0.15, 0.2) is 11.6 Å². The van der Waals surface area contributed by atoms with Crippen molar-refractivity contribution < 1.29 is 14.6 Å². The van der Waals surface area contributed by atoms with E-state index in [2.05, 4.69) is 4.90 Å². The molecule has 13 heavy (non-hydrogen) atoms. The molecule has 1 saturated heterocycles. The maximum absolute atomic E-state index is 10.4. The first-order chi connectivity index (χ1) is 6.20. The predicted octanol–water partition coefficient (Wildman–Crippen LogP) is 0.697. The molecule has 0 atom stereocenters. The van der Waals surface area contributed by atoms with Gasteiger partial charge in [0.25, 0.3) is 0 Å². The molecule has 0 aromatic carbocycles. The van der Waals surface area contributed by atoms with Gasteiger partial charge in [0.15, 0.2) is 0 Å². The fraction of sp³-hybridized carbons (Fsp3) is 0.667. The first-order valence-electron chi connectivity index (χ1n) is 4.40. The maximum Gasteiger partial charge on any atom is 0.330 e. The molecular weight excluding hydrogens is 170 g/mol. The van der Waals surface area contributed by atoms with Crippen LogP contribution in [0.4, 0.5) is 0 Å². The highest BCUT2D eigenvalue weighted by Gasteiger charge is 2.10. The van der Waals surface area contributed by atoms with E-state index in [0.29, 0.717) is 12.3 Å². The molecule has 1 aliphatic heterocycles. The molecule has 1 heterocycles. The summed E-state index contributed by atoms with van der Waals surface area (Å²) in [6, 6.07) is 0. The van der Waals surface area contributed by atoms with Crippen LogP contribution >= 0.6 is 0 Å². The van der Waals surface area contributed by atoms with E-state index < -0.39 is 5.97 Å². The Kier molecular flexibility index (Phi) is 3.92. The van der Waals surface area contributed by atoms with Gasteiger partial charge < -0.3 is 9.84 Å². The van der Waals surface area contributed by atoms with E-state index in [1.165, 1.54) is 0 Å². The third-order valence-corrected chi connectivity index (χ3v) is 2.06. The molecule has 4 heteroatoms. The zero-order valence-corrected chi connectivity index (χ0v) is 7.82. The van der Waals surface area contributed by atoms with Crippen molar-refractivity contribution in [2.45, 2.75) is 13.3 Å². The summed E-state index contributed by atoms with van der Waals surface area (Å²) in [7, 11) is 0. The Morgan fingerprint density at radius 1 is 1.69 bits per heavy atom. The highest BCUT2D eigenvalue weighted by atomic mass is 16.5. The van der Waals surface area contributed by atoms with Crippen LogP contribution in [0.1, 0.15) is 13.3 Å². The lowest BCUT2D eigenvalue weighted by molar-refractivity contribution is -0.132. The fourth-order valence-corrected chi connectivity index (χ4v) is 1.18. The number of aliphatic carboxylic acids is 1. The van der Waals surface area contributed by atoms with Crippen molar-refractivity contribution in [1.29, 1.82) is 0 Å². The number of carbonyl (C=O) groups is 1. The molecule has 0 saturated carbocycles. The van der Waals surface area contributed by atoms with E-state index in [0.717, 1.165) is 26.1 Å². The Labute approximate surface area is 77.8 Å². The summed E-state index contributed by atoms with van der Waals surface area (Å²) in [4.78, 5) is 12.6. The molecule has 1 N–H and O–H groups in total. The minimum atomic E-state index is -0.835. The van der Waals surface area contributed by atoms with Gasteiger partial charge in [-0.1, -0.05) is 6.08 Å². The normalized spacial score (nSPS) is 19.3. The van der Waals surface area contributed by atoms with Crippen LogP contribution in [0, 0.1) is 0 Å². The summed E-state index contributed by atoms with van der Waals surface area (Å²) in [6.45, 7) is 4.93. The molecule has 0 spiro atoms. The summed E-state index contributed by atoms with van der Waals surface area (Å²) in [5.74, 6) is -0.835. The highest BCUT2D eigenvalue weighted by Crippen LogP contribution is 2.02. The maximum atomic E-state index is 10.4. The summed E-state index contributed by atoms with van der Waals surface area (Å²) in [5, 5.41) is 8.57. The highest BCUT2D eigenvalue weighted by molar-refractivity contribution is 5.85. The molecule has 74 valence electrons. The van der Waals surface area contributed by atoms with Gasteiger partial charge in [0.2, 0.25) is 0 Å². The van der Waals surface area contributed by atoms with Crippen molar-refractivity contribution in [3.8, 4) is 0 Å². The Bertz CT molecular complexity index is 207. The second-order valence-corrected chi connectivity index (χ2v) is 3.14. The van der Waals surface area contributed by atoms with Gasteiger partial charge in [0.1, 0.15) is 0 Å². The second-order valence-electron chi connectivity index (χ2n) is 3.14. The molecule has 1 aliphatic rings. The summed E-state index contributed by atoms with van der Waals surface area (Å²) < 4.78 is 5.15. The van der Waals surface area contributed by atoms with Crippen LogP contribution in [0.3, 0.4) is 0 Å². The van der Waals surface area contributed by atoms with E-state index in [9.17, 15) is 4.79 Å². The summed E-state index contributed by atoms with van der Waals surface area (Å²) in [6.07, 6.45) is 2.53. The van der Waals surface area contributed by atoms with Gasteiger partial charge >= 0.3 is 5.97 Å². The van der Waals surface area contributed by atoms with Crippen LogP contribution in [0.5, 0.6) is 0 Å². The molecular formula is C9H15NO3. The van der Waals surface area contributed by atoms with Crippen LogP contribution < -0.4 is 0 Å². The average Bonchev–Trinajstić information content (AvgIpc) is 2.56. The van der Waals surface area contributed by atoms with Crippen LogP contribution in [-0.2, 0) is 9.53 Å². The quantitative estimate of drug-likeness (QED) is 0.655. The number of hydrogen-bond donors (Lipinski definition) is 1. The third-order valence-electron chi connectivity index (χ3n) is 2.06. The van der Waals surface area contributed by atoms with E-state index >= 15 is 0 Å². The van der Waals surface area contributed by atoms with Crippen molar-refractivity contribution in [3.05, 3.63) is 11.6 Å². The average molecular weight is 185 g/mol. The Hall–Kier alpha value is -0.870. The van der Waals surface area contributed by atoms with E-state index in [1.807, 2.05) is 0 Å². The molecule has 0 radical (unpaired) electrons. The van der Waals surface area contributed by atoms with Gasteiger partial charge in [-0.15, -0.1) is 0 Å². The second kappa shape index (κ2) is 4.99. The van der Waals surface area contributed by atoms with Crippen LogP contribution in [0.2, 0.25) is 0 Å². The number of rotatable bonds is 4. The molecule has 1 fully saturated rings. The Morgan fingerprint density at radius 2 is 2.46 bits per heavy atom. The molecule has 0 bridgehead atoms. The number of hydrogen-bond acceptors (Lipinski definition) is 3. The fourth-order valence-electron chi connectivity index (χ4n) is 1.18. The standard InChI is InChI=1S/C9H15NO3/c1-8(9(11)12)3-2-4-10-5-6-13-7-10/h3H,2,4-7H2,1H3,(H,11,12)/b8-3+. The van der Waals surface area contributed by atoms with E-state index in [4.69, 9.17) is 9.84 Å². The minimum Gasteiger partial charge on any atom is -0.478 e. The van der Waals surface area contributed by atoms with Gasteiger partial charge in [-0.2, -0.15) is 0 Å². The van der Waals surface area contributed by atoms with Crippen molar-refractivity contribution in [3.63, 3.8) is 0 Å². The third kappa shape index (κ3) is 3.57. The lowest BCUT2D eigenvalue weighted by atomic mass is 10.2. The molecule has 0 amide bonds. The van der Waals surface area contributed by atoms with Gasteiger partial charge in [0, 0.05) is 18.7 Å². The Morgan fingerprint density at radius 3 is 3.00 bits per heavy atom. The number of carboxylic acids is 1.